The van der Waals surface area contributed by atoms with E-state index in [1.165, 1.54) is 12.0 Å². The Morgan fingerprint density at radius 3 is 2.37 bits per heavy atom. The number of carbonyl (C=O) groups is 4. The van der Waals surface area contributed by atoms with Crippen molar-refractivity contribution >= 4 is 29.4 Å². The van der Waals surface area contributed by atoms with E-state index in [9.17, 15) is 24.3 Å². The molecule has 0 unspecified atom stereocenters. The van der Waals surface area contributed by atoms with Gasteiger partial charge in [0.25, 0.3) is 5.91 Å². The van der Waals surface area contributed by atoms with Crippen molar-refractivity contribution in [3.8, 4) is 5.75 Å². The number of carboxylic acids is 1. The highest BCUT2D eigenvalue weighted by molar-refractivity contribution is 6.23. The summed E-state index contributed by atoms with van der Waals surface area (Å²) in [7, 11) is 1.52. The van der Waals surface area contributed by atoms with Crippen molar-refractivity contribution in [2.75, 3.05) is 12.0 Å². The molecule has 0 saturated carbocycles. The van der Waals surface area contributed by atoms with E-state index in [-0.39, 0.29) is 13.0 Å². The number of methoxy groups -OCH3 is 1. The van der Waals surface area contributed by atoms with Gasteiger partial charge < -0.3 is 19.5 Å². The molecule has 2 aromatic carbocycles. The number of aliphatic carboxylic acids is 1. The third-order valence-corrected chi connectivity index (χ3v) is 4.67. The maximum Gasteiger partial charge on any atom is 0.257 e. The Kier molecular flexibility index (Phi) is 6.26. The van der Waals surface area contributed by atoms with Crippen LogP contribution in [0.5, 0.6) is 5.75 Å². The molecule has 1 heterocycles. The predicted molar refractivity (Wildman–Crippen MR) is 105 cm³/mol. The highest BCUT2D eigenvalue weighted by atomic mass is 16.5. The minimum absolute atomic E-state index is 0.00648. The van der Waals surface area contributed by atoms with Crippen LogP contribution < -0.4 is 14.7 Å². The molecule has 1 aliphatic heterocycles. The number of hydrogen-bond donors (Lipinski definition) is 0. The fourth-order valence-electron chi connectivity index (χ4n) is 3.21. The molecule has 0 aromatic heterocycles. The molecule has 1 saturated heterocycles. The number of carbonyl (C=O) groups excluding carboxylic acids is 4. The van der Waals surface area contributed by atoms with Crippen molar-refractivity contribution in [2.24, 2.45) is 0 Å². The van der Waals surface area contributed by atoms with Gasteiger partial charge in [0, 0.05) is 12.6 Å². The molecule has 3 amide bonds. The summed E-state index contributed by atoms with van der Waals surface area (Å²) in [5, 5.41) is 10.7. The fourth-order valence-corrected chi connectivity index (χ4v) is 3.21. The number of imide groups is 1. The predicted octanol–water partition coefficient (Wildman–Crippen LogP) is 0.662. The number of anilines is 1. The van der Waals surface area contributed by atoms with Crippen LogP contribution in [0.2, 0.25) is 0 Å². The van der Waals surface area contributed by atoms with E-state index in [4.69, 9.17) is 4.74 Å². The number of carboxylic acid groups (broad SMARTS) is 1. The van der Waals surface area contributed by atoms with E-state index in [1.54, 1.807) is 54.6 Å². The molecule has 8 nitrogen and oxygen atoms in total. The number of para-hydroxylation sites is 1. The lowest BCUT2D eigenvalue weighted by Crippen LogP contribution is -2.44. The molecule has 8 heteroatoms. The van der Waals surface area contributed by atoms with Gasteiger partial charge in [-0.15, -0.1) is 0 Å². The largest absolute Gasteiger partial charge is 0.545 e. The Labute approximate surface area is 173 Å². The van der Waals surface area contributed by atoms with Crippen LogP contribution in [0.1, 0.15) is 12.0 Å². The van der Waals surface area contributed by atoms with Gasteiger partial charge in [-0.05, 0) is 35.9 Å². The average molecular weight is 407 g/mol. The van der Waals surface area contributed by atoms with Gasteiger partial charge in [-0.25, -0.2) is 4.90 Å². The van der Waals surface area contributed by atoms with Gasteiger partial charge in [-0.3, -0.25) is 14.4 Å². The molecule has 0 N–H and O–H groups in total. The van der Waals surface area contributed by atoms with Gasteiger partial charge in [0.1, 0.15) is 11.8 Å². The molecule has 1 atom stereocenters. The lowest BCUT2D eigenvalue weighted by atomic mass is 10.1. The van der Waals surface area contributed by atoms with Crippen molar-refractivity contribution in [1.82, 2.24) is 4.90 Å². The first-order valence-corrected chi connectivity index (χ1v) is 9.15. The third-order valence-electron chi connectivity index (χ3n) is 4.67. The summed E-state index contributed by atoms with van der Waals surface area (Å²) in [4.78, 5) is 51.2. The molecular weight excluding hydrogens is 388 g/mol. The maximum atomic E-state index is 13.0. The highest BCUT2D eigenvalue weighted by Crippen LogP contribution is 2.27. The van der Waals surface area contributed by atoms with Gasteiger partial charge in [-0.1, -0.05) is 30.3 Å². The van der Waals surface area contributed by atoms with Gasteiger partial charge in [-0.2, -0.15) is 0 Å². The minimum atomic E-state index is -1.53. The van der Waals surface area contributed by atoms with Gasteiger partial charge >= 0.3 is 0 Å². The molecule has 3 rings (SSSR count). The molecule has 0 aliphatic carbocycles. The summed E-state index contributed by atoms with van der Waals surface area (Å²) in [6, 6.07) is 14.2. The Balaban J connectivity index is 1.90. The van der Waals surface area contributed by atoms with Crippen LogP contribution in [0.25, 0.3) is 0 Å². The molecule has 30 heavy (non-hydrogen) atoms. The molecule has 0 bridgehead atoms. The summed E-state index contributed by atoms with van der Waals surface area (Å²) in [6.07, 6.45) is 1.22. The lowest BCUT2D eigenvalue weighted by Gasteiger charge is -2.27. The Hall–Kier alpha value is -3.94. The number of rotatable bonds is 7. The number of nitrogens with zero attached hydrogens (tertiary/aromatic N) is 2. The standard InChI is InChI=1S/C22H20N2O6/c1-30-17-9-7-15(8-10-17)14-23(19(25)11-12-21(27)28)18-13-20(26)24(22(18)29)16-5-3-2-4-6-16/h2-12,18H,13-14H2,1H3,(H,27,28)/p-1/b12-11+/t18-/m1/s1. The number of ether oxygens (including phenoxy) is 1. The van der Waals surface area contributed by atoms with Crippen LogP contribution in [0.15, 0.2) is 66.7 Å². The van der Waals surface area contributed by atoms with Crippen LogP contribution in [0.4, 0.5) is 5.69 Å². The van der Waals surface area contributed by atoms with Crippen molar-refractivity contribution in [1.29, 1.82) is 0 Å². The van der Waals surface area contributed by atoms with E-state index in [0.29, 0.717) is 23.1 Å². The average Bonchev–Trinajstić information content (AvgIpc) is 3.05. The topological polar surface area (TPSA) is 107 Å². The molecule has 2 aromatic rings. The first kappa shape index (κ1) is 20.8. The molecule has 0 spiro atoms. The molecule has 1 fully saturated rings. The Morgan fingerprint density at radius 1 is 1.10 bits per heavy atom. The first-order valence-electron chi connectivity index (χ1n) is 9.15. The Bertz CT molecular complexity index is 984. The van der Waals surface area contributed by atoms with Crippen LogP contribution >= 0.6 is 0 Å². The zero-order valence-electron chi connectivity index (χ0n) is 16.2. The van der Waals surface area contributed by atoms with Gasteiger partial charge in [0.2, 0.25) is 11.8 Å². The van der Waals surface area contributed by atoms with Crippen LogP contribution in [-0.4, -0.2) is 41.7 Å². The number of benzene rings is 2. The first-order chi connectivity index (χ1) is 14.4. The van der Waals surface area contributed by atoms with E-state index < -0.39 is 29.7 Å². The van der Waals surface area contributed by atoms with Crippen molar-refractivity contribution in [3.05, 3.63) is 72.3 Å². The minimum Gasteiger partial charge on any atom is -0.545 e. The second kappa shape index (κ2) is 9.04. The normalized spacial score (nSPS) is 16.2. The highest BCUT2D eigenvalue weighted by Gasteiger charge is 2.43. The fraction of sp³-hybridized carbons (Fsp3) is 0.182. The second-order valence-corrected chi connectivity index (χ2v) is 6.59. The summed E-state index contributed by atoms with van der Waals surface area (Å²) < 4.78 is 5.11. The quantitative estimate of drug-likeness (QED) is 0.493. The van der Waals surface area contributed by atoms with E-state index in [0.717, 1.165) is 11.0 Å². The maximum absolute atomic E-state index is 13.0. The molecule has 154 valence electrons. The monoisotopic (exact) mass is 407 g/mol. The van der Waals surface area contributed by atoms with Crippen LogP contribution in [0, 0.1) is 0 Å². The third kappa shape index (κ3) is 4.54. The van der Waals surface area contributed by atoms with Crippen molar-refractivity contribution in [2.45, 2.75) is 19.0 Å². The smallest absolute Gasteiger partial charge is 0.257 e. The summed E-state index contributed by atoms with van der Waals surface area (Å²) in [6.45, 7) is 0.00648. The SMILES string of the molecule is COc1ccc(CN(C(=O)/C=C/C(=O)[O-])[C@@H]2CC(=O)N(c3ccccc3)C2=O)cc1. The zero-order chi connectivity index (χ0) is 21.7. The summed E-state index contributed by atoms with van der Waals surface area (Å²) in [5.41, 5.74) is 1.10. The summed E-state index contributed by atoms with van der Waals surface area (Å²) >= 11 is 0. The second-order valence-electron chi connectivity index (χ2n) is 6.59. The van der Waals surface area contributed by atoms with Crippen molar-refractivity contribution in [3.63, 3.8) is 0 Å². The van der Waals surface area contributed by atoms with Crippen LogP contribution in [0.3, 0.4) is 0 Å². The lowest BCUT2D eigenvalue weighted by molar-refractivity contribution is -0.297. The molecular formula is C22H19N2O6-. The van der Waals surface area contributed by atoms with Crippen LogP contribution in [-0.2, 0) is 25.7 Å². The van der Waals surface area contributed by atoms with E-state index in [2.05, 4.69) is 0 Å². The summed E-state index contributed by atoms with van der Waals surface area (Å²) in [5.74, 6) is -2.61. The Morgan fingerprint density at radius 2 is 1.77 bits per heavy atom. The van der Waals surface area contributed by atoms with E-state index >= 15 is 0 Å². The van der Waals surface area contributed by atoms with Gasteiger partial charge in [0.05, 0.1) is 25.2 Å². The number of amides is 3. The van der Waals surface area contributed by atoms with Crippen molar-refractivity contribution < 1.29 is 29.0 Å². The zero-order valence-corrected chi connectivity index (χ0v) is 16.2. The number of hydrogen-bond acceptors (Lipinski definition) is 6. The van der Waals surface area contributed by atoms with E-state index in [1.807, 2.05) is 0 Å². The molecule has 1 aliphatic rings. The molecule has 0 radical (unpaired) electrons. The van der Waals surface area contributed by atoms with Gasteiger partial charge in [0.15, 0.2) is 0 Å².